The lowest BCUT2D eigenvalue weighted by atomic mass is 9.95. The molecule has 1 aliphatic rings. The highest BCUT2D eigenvalue weighted by molar-refractivity contribution is 6.46. The van der Waals surface area contributed by atoms with Gasteiger partial charge in [-0.15, -0.1) is 0 Å². The number of ketones is 1. The molecular formula is C21H20N2O5. The van der Waals surface area contributed by atoms with Crippen LogP contribution in [0.2, 0.25) is 0 Å². The average molecular weight is 380 g/mol. The number of nitrogens with zero attached hydrogens (tertiary/aromatic N) is 2. The minimum Gasteiger partial charge on any atom is -0.507 e. The number of aliphatic hydroxyl groups is 1. The molecule has 0 radical (unpaired) electrons. The lowest BCUT2D eigenvalue weighted by molar-refractivity contribution is -0.384. The molecule has 28 heavy (non-hydrogen) atoms. The van der Waals surface area contributed by atoms with Gasteiger partial charge in [0, 0.05) is 24.2 Å². The summed E-state index contributed by atoms with van der Waals surface area (Å²) >= 11 is 0. The van der Waals surface area contributed by atoms with E-state index in [1.807, 2.05) is 6.92 Å². The minimum absolute atomic E-state index is 0.0483. The maximum atomic E-state index is 12.8. The van der Waals surface area contributed by atoms with Crippen molar-refractivity contribution in [3.63, 3.8) is 0 Å². The van der Waals surface area contributed by atoms with E-state index < -0.39 is 22.7 Å². The van der Waals surface area contributed by atoms with E-state index in [1.165, 1.54) is 23.1 Å². The van der Waals surface area contributed by atoms with Crippen LogP contribution >= 0.6 is 0 Å². The molecule has 0 unspecified atom stereocenters. The highest BCUT2D eigenvalue weighted by Crippen LogP contribution is 2.40. The van der Waals surface area contributed by atoms with Gasteiger partial charge >= 0.3 is 0 Å². The second-order valence-corrected chi connectivity index (χ2v) is 6.56. The van der Waals surface area contributed by atoms with Crippen molar-refractivity contribution < 1.29 is 19.6 Å². The summed E-state index contributed by atoms with van der Waals surface area (Å²) < 4.78 is 0. The van der Waals surface area contributed by atoms with E-state index in [9.17, 15) is 24.8 Å². The van der Waals surface area contributed by atoms with Crippen LogP contribution in [0.5, 0.6) is 0 Å². The molecular weight excluding hydrogens is 360 g/mol. The molecule has 1 atom stereocenters. The molecule has 7 nitrogen and oxygen atoms in total. The first-order valence-corrected chi connectivity index (χ1v) is 9.04. The number of non-ortho nitro benzene ring substituents is 1. The number of nitro benzene ring substituents is 1. The predicted octanol–water partition coefficient (Wildman–Crippen LogP) is 3.82. The summed E-state index contributed by atoms with van der Waals surface area (Å²) in [6, 6.07) is 13.4. The second kappa shape index (κ2) is 8.04. The van der Waals surface area contributed by atoms with Crippen LogP contribution in [0.1, 0.15) is 36.9 Å². The van der Waals surface area contributed by atoms with Crippen LogP contribution in [0.4, 0.5) is 5.69 Å². The molecule has 144 valence electrons. The van der Waals surface area contributed by atoms with Gasteiger partial charge in [0.2, 0.25) is 0 Å². The Labute approximate surface area is 162 Å². The number of amides is 1. The number of carbonyl (C=O) groups is 2. The molecule has 1 amide bonds. The third-order valence-electron chi connectivity index (χ3n) is 4.74. The van der Waals surface area contributed by atoms with Gasteiger partial charge in [-0.2, -0.15) is 0 Å². The SMILES string of the molecule is CCCCN1C(=O)C(=O)/C(=C(/O)c2ccccc2)[C@@H]1c1cccc([N+](=O)[O-])c1. The average Bonchev–Trinajstić information content (AvgIpc) is 2.97. The number of carbonyl (C=O) groups excluding carboxylic acids is 2. The molecule has 1 fully saturated rings. The third-order valence-corrected chi connectivity index (χ3v) is 4.74. The largest absolute Gasteiger partial charge is 0.507 e. The number of Topliss-reactive ketones (excluding diaryl/α,β-unsaturated/α-hetero) is 1. The van der Waals surface area contributed by atoms with Gasteiger partial charge in [-0.1, -0.05) is 55.8 Å². The first-order valence-electron chi connectivity index (χ1n) is 9.04. The predicted molar refractivity (Wildman–Crippen MR) is 103 cm³/mol. The van der Waals surface area contributed by atoms with Gasteiger partial charge in [0.1, 0.15) is 5.76 Å². The van der Waals surface area contributed by atoms with Crippen molar-refractivity contribution in [1.29, 1.82) is 0 Å². The van der Waals surface area contributed by atoms with Crippen molar-refractivity contribution in [1.82, 2.24) is 4.90 Å². The Morgan fingerprint density at radius 2 is 1.86 bits per heavy atom. The topological polar surface area (TPSA) is 101 Å². The Balaban J connectivity index is 2.18. The standard InChI is InChI=1S/C21H20N2O5/c1-2-3-12-22-18(15-10-7-11-16(13-15)23(27)28)17(20(25)21(22)26)19(24)14-8-5-4-6-9-14/h4-11,13,18,24H,2-3,12H2,1H3/b19-17+/t18-/m0/s1. The zero-order valence-electron chi connectivity index (χ0n) is 15.4. The van der Waals surface area contributed by atoms with Gasteiger partial charge in [-0.3, -0.25) is 19.7 Å². The highest BCUT2D eigenvalue weighted by atomic mass is 16.6. The number of likely N-dealkylation sites (tertiary alicyclic amines) is 1. The van der Waals surface area contributed by atoms with Crippen LogP contribution in [0.3, 0.4) is 0 Å². The van der Waals surface area contributed by atoms with Crippen LogP contribution in [0, 0.1) is 10.1 Å². The van der Waals surface area contributed by atoms with Gasteiger partial charge < -0.3 is 10.0 Å². The zero-order chi connectivity index (χ0) is 20.3. The van der Waals surface area contributed by atoms with Crippen LogP contribution in [0.25, 0.3) is 5.76 Å². The molecule has 0 aliphatic carbocycles. The third kappa shape index (κ3) is 3.51. The molecule has 1 saturated heterocycles. The quantitative estimate of drug-likeness (QED) is 0.270. The molecule has 7 heteroatoms. The van der Waals surface area contributed by atoms with Crippen molar-refractivity contribution in [2.45, 2.75) is 25.8 Å². The van der Waals surface area contributed by atoms with Gasteiger partial charge in [-0.05, 0) is 12.0 Å². The Morgan fingerprint density at radius 1 is 1.14 bits per heavy atom. The number of aliphatic hydroxyl groups excluding tert-OH is 1. The van der Waals surface area contributed by atoms with Crippen molar-refractivity contribution in [3.8, 4) is 0 Å². The van der Waals surface area contributed by atoms with E-state index in [1.54, 1.807) is 36.4 Å². The summed E-state index contributed by atoms with van der Waals surface area (Å²) in [7, 11) is 0. The number of hydrogen-bond donors (Lipinski definition) is 1. The molecule has 1 N–H and O–H groups in total. The number of hydrogen-bond acceptors (Lipinski definition) is 5. The molecule has 1 heterocycles. The van der Waals surface area contributed by atoms with Gasteiger partial charge in [0.15, 0.2) is 0 Å². The molecule has 0 aromatic heterocycles. The normalized spacial score (nSPS) is 18.5. The first kappa shape index (κ1) is 19.3. The molecule has 2 aromatic rings. The fraction of sp³-hybridized carbons (Fsp3) is 0.238. The lowest BCUT2D eigenvalue weighted by Gasteiger charge is -2.25. The van der Waals surface area contributed by atoms with E-state index in [0.717, 1.165) is 6.42 Å². The second-order valence-electron chi connectivity index (χ2n) is 6.56. The number of unbranched alkanes of at least 4 members (excludes halogenated alkanes) is 1. The maximum Gasteiger partial charge on any atom is 0.295 e. The first-order chi connectivity index (χ1) is 13.5. The van der Waals surface area contributed by atoms with E-state index in [4.69, 9.17) is 0 Å². The number of nitro groups is 1. The summed E-state index contributed by atoms with van der Waals surface area (Å²) in [6.45, 7) is 2.28. The lowest BCUT2D eigenvalue weighted by Crippen LogP contribution is -2.30. The van der Waals surface area contributed by atoms with Crippen molar-refractivity contribution >= 4 is 23.1 Å². The van der Waals surface area contributed by atoms with Crippen molar-refractivity contribution in [2.75, 3.05) is 6.54 Å². The van der Waals surface area contributed by atoms with Gasteiger partial charge in [0.05, 0.1) is 16.5 Å². The van der Waals surface area contributed by atoms with E-state index in [2.05, 4.69) is 0 Å². The molecule has 3 rings (SSSR count). The summed E-state index contributed by atoms with van der Waals surface area (Å²) in [6.07, 6.45) is 1.48. The van der Waals surface area contributed by atoms with Gasteiger partial charge in [0.25, 0.3) is 17.4 Å². The smallest absolute Gasteiger partial charge is 0.295 e. The maximum absolute atomic E-state index is 12.8. The Morgan fingerprint density at radius 3 is 2.50 bits per heavy atom. The minimum atomic E-state index is -0.869. The van der Waals surface area contributed by atoms with E-state index in [-0.39, 0.29) is 17.0 Å². The molecule has 1 aliphatic heterocycles. The van der Waals surface area contributed by atoms with Crippen LogP contribution in [0.15, 0.2) is 60.2 Å². The van der Waals surface area contributed by atoms with Crippen LogP contribution < -0.4 is 0 Å². The van der Waals surface area contributed by atoms with E-state index >= 15 is 0 Å². The fourth-order valence-electron chi connectivity index (χ4n) is 3.35. The Bertz CT molecular complexity index is 952. The number of rotatable bonds is 6. The van der Waals surface area contributed by atoms with Crippen LogP contribution in [-0.4, -0.2) is 33.2 Å². The summed E-state index contributed by atoms with van der Waals surface area (Å²) in [5.74, 6) is -1.77. The highest BCUT2D eigenvalue weighted by Gasteiger charge is 2.46. The molecule has 0 bridgehead atoms. The fourth-order valence-corrected chi connectivity index (χ4v) is 3.35. The monoisotopic (exact) mass is 380 g/mol. The van der Waals surface area contributed by atoms with Crippen molar-refractivity contribution in [2.24, 2.45) is 0 Å². The Kier molecular flexibility index (Phi) is 5.54. The summed E-state index contributed by atoms with van der Waals surface area (Å²) in [5.41, 5.74) is 0.638. The van der Waals surface area contributed by atoms with Crippen LogP contribution in [-0.2, 0) is 9.59 Å². The Hall–Kier alpha value is -3.48. The summed E-state index contributed by atoms with van der Waals surface area (Å²) in [4.78, 5) is 37.5. The molecule has 0 spiro atoms. The molecule has 0 saturated carbocycles. The van der Waals surface area contributed by atoms with Crippen molar-refractivity contribution in [3.05, 3.63) is 81.4 Å². The molecule has 2 aromatic carbocycles. The van der Waals surface area contributed by atoms with E-state index in [0.29, 0.717) is 24.1 Å². The van der Waals surface area contributed by atoms with Gasteiger partial charge in [-0.25, -0.2) is 0 Å². The zero-order valence-corrected chi connectivity index (χ0v) is 15.4. The summed E-state index contributed by atoms with van der Waals surface area (Å²) in [5, 5.41) is 22.0. The number of benzene rings is 2.